The van der Waals surface area contributed by atoms with Crippen LogP contribution in [-0.2, 0) is 6.42 Å². The van der Waals surface area contributed by atoms with Gasteiger partial charge in [-0.15, -0.1) is 10.2 Å². The van der Waals surface area contributed by atoms with Gasteiger partial charge >= 0.3 is 0 Å². The molecule has 1 N–H and O–H groups in total. The number of aromatic hydroxyl groups is 1. The molecule has 0 saturated carbocycles. The topological polar surface area (TPSA) is 55.2 Å². The molecule has 106 valence electrons. The number of ether oxygens (including phenoxy) is 1. The van der Waals surface area contributed by atoms with Crippen LogP contribution >= 0.6 is 11.6 Å². The quantitative estimate of drug-likeness (QED) is 0.893. The Labute approximate surface area is 123 Å². The maximum atomic E-state index is 9.80. The second kappa shape index (κ2) is 6.57. The Morgan fingerprint density at radius 3 is 2.80 bits per heavy atom. The van der Waals surface area contributed by atoms with Crippen molar-refractivity contribution in [3.05, 3.63) is 40.5 Å². The molecular formula is C15H17ClN2O2. The van der Waals surface area contributed by atoms with Gasteiger partial charge in [0.05, 0.1) is 0 Å². The fraction of sp³-hybridized carbons (Fsp3) is 0.333. The minimum Gasteiger partial charge on any atom is -0.503 e. The Morgan fingerprint density at radius 2 is 2.10 bits per heavy atom. The number of nitrogens with zero attached hydrogens (tertiary/aromatic N) is 2. The van der Waals surface area contributed by atoms with Gasteiger partial charge in [0.1, 0.15) is 5.75 Å². The van der Waals surface area contributed by atoms with Gasteiger partial charge in [-0.3, -0.25) is 0 Å². The van der Waals surface area contributed by atoms with E-state index in [-0.39, 0.29) is 16.8 Å². The van der Waals surface area contributed by atoms with E-state index in [1.165, 1.54) is 6.07 Å². The summed E-state index contributed by atoms with van der Waals surface area (Å²) in [5.74, 6) is 0.684. The third-order valence-electron chi connectivity index (χ3n) is 3.00. The van der Waals surface area contributed by atoms with Crippen LogP contribution < -0.4 is 4.74 Å². The molecule has 0 radical (unpaired) electrons. The van der Waals surface area contributed by atoms with Gasteiger partial charge in [-0.2, -0.15) is 0 Å². The van der Waals surface area contributed by atoms with Crippen LogP contribution in [0.15, 0.2) is 24.3 Å². The van der Waals surface area contributed by atoms with E-state index in [1.54, 1.807) is 0 Å². The Hall–Kier alpha value is -1.81. The van der Waals surface area contributed by atoms with Crippen molar-refractivity contribution in [2.75, 3.05) is 0 Å². The van der Waals surface area contributed by atoms with Crippen LogP contribution in [0.25, 0.3) is 0 Å². The molecule has 1 heterocycles. The smallest absolute Gasteiger partial charge is 0.281 e. The van der Waals surface area contributed by atoms with E-state index in [1.807, 2.05) is 25.1 Å². The van der Waals surface area contributed by atoms with Crippen LogP contribution in [0.3, 0.4) is 0 Å². The highest BCUT2D eigenvalue weighted by molar-refractivity contribution is 6.29. The third-order valence-corrected chi connectivity index (χ3v) is 3.19. The van der Waals surface area contributed by atoms with Crippen molar-refractivity contribution in [1.29, 1.82) is 0 Å². The van der Waals surface area contributed by atoms with Gasteiger partial charge in [0, 0.05) is 6.07 Å². The molecule has 2 rings (SSSR count). The Bertz CT molecular complexity index is 602. The van der Waals surface area contributed by atoms with Gasteiger partial charge in [0.15, 0.2) is 10.9 Å². The molecule has 0 atom stereocenters. The largest absolute Gasteiger partial charge is 0.503 e. The van der Waals surface area contributed by atoms with Gasteiger partial charge < -0.3 is 9.84 Å². The molecule has 0 aliphatic heterocycles. The van der Waals surface area contributed by atoms with Gasteiger partial charge in [-0.25, -0.2) is 0 Å². The minimum absolute atomic E-state index is 0.0708. The number of aryl methyl sites for hydroxylation is 2. The lowest BCUT2D eigenvalue weighted by Gasteiger charge is -2.13. The first kappa shape index (κ1) is 14.6. The summed E-state index contributed by atoms with van der Waals surface area (Å²) >= 11 is 5.66. The lowest BCUT2D eigenvalue weighted by Crippen LogP contribution is -1.97. The number of unbranched alkanes of at least 4 members (excludes halogenated alkanes) is 1. The zero-order valence-corrected chi connectivity index (χ0v) is 12.3. The number of benzene rings is 1. The molecule has 0 fully saturated rings. The third kappa shape index (κ3) is 3.39. The summed E-state index contributed by atoms with van der Waals surface area (Å²) in [6.07, 6.45) is 3.12. The lowest BCUT2D eigenvalue weighted by molar-refractivity contribution is 0.387. The second-order valence-corrected chi connectivity index (χ2v) is 5.01. The summed E-state index contributed by atoms with van der Waals surface area (Å²) < 4.78 is 5.74. The first-order valence-electron chi connectivity index (χ1n) is 6.60. The predicted molar refractivity (Wildman–Crippen MR) is 78.6 cm³/mol. The first-order chi connectivity index (χ1) is 9.61. The van der Waals surface area contributed by atoms with Crippen LogP contribution in [0, 0.1) is 6.92 Å². The highest BCUT2D eigenvalue weighted by atomic mass is 35.5. The maximum Gasteiger partial charge on any atom is 0.281 e. The monoisotopic (exact) mass is 292 g/mol. The SMILES string of the molecule is CCCCc1cccc(C)c1Oc1nnc(Cl)cc1O. The summed E-state index contributed by atoms with van der Waals surface area (Å²) in [5.41, 5.74) is 2.10. The minimum atomic E-state index is -0.116. The van der Waals surface area contributed by atoms with Gasteiger partial charge in [0.25, 0.3) is 5.88 Å². The Morgan fingerprint density at radius 1 is 1.30 bits per heavy atom. The van der Waals surface area contributed by atoms with Crippen molar-refractivity contribution in [1.82, 2.24) is 10.2 Å². The number of aromatic nitrogens is 2. The molecule has 2 aromatic rings. The van der Waals surface area contributed by atoms with Gasteiger partial charge in [-0.1, -0.05) is 43.1 Å². The number of rotatable bonds is 5. The highest BCUT2D eigenvalue weighted by Gasteiger charge is 2.12. The number of para-hydroxylation sites is 1. The zero-order chi connectivity index (χ0) is 14.5. The fourth-order valence-corrected chi connectivity index (χ4v) is 2.08. The predicted octanol–water partition coefficient (Wildman–Crippen LogP) is 4.28. The normalized spacial score (nSPS) is 10.6. The first-order valence-corrected chi connectivity index (χ1v) is 6.98. The number of hydrogen-bond acceptors (Lipinski definition) is 4. The highest BCUT2D eigenvalue weighted by Crippen LogP contribution is 2.33. The molecule has 0 aliphatic rings. The molecule has 0 saturated heterocycles. The van der Waals surface area contributed by atoms with Crippen molar-refractivity contribution in [3.8, 4) is 17.4 Å². The molecule has 1 aromatic heterocycles. The van der Waals surface area contributed by atoms with E-state index >= 15 is 0 Å². The number of halogens is 1. The van der Waals surface area contributed by atoms with E-state index in [4.69, 9.17) is 16.3 Å². The van der Waals surface area contributed by atoms with E-state index in [9.17, 15) is 5.11 Å². The molecule has 20 heavy (non-hydrogen) atoms. The molecule has 0 unspecified atom stereocenters. The Balaban J connectivity index is 2.32. The summed E-state index contributed by atoms with van der Waals surface area (Å²) in [5, 5.41) is 17.4. The zero-order valence-electron chi connectivity index (χ0n) is 11.6. The van der Waals surface area contributed by atoms with Crippen LogP contribution in [0.2, 0.25) is 5.15 Å². The molecule has 0 aliphatic carbocycles. The molecule has 5 heteroatoms. The molecule has 4 nitrogen and oxygen atoms in total. The van der Waals surface area contributed by atoms with Crippen molar-refractivity contribution in [2.45, 2.75) is 33.1 Å². The van der Waals surface area contributed by atoms with Crippen LogP contribution in [0.5, 0.6) is 17.4 Å². The van der Waals surface area contributed by atoms with Gasteiger partial charge in [-0.05, 0) is 30.9 Å². The summed E-state index contributed by atoms with van der Waals surface area (Å²) in [6, 6.07) is 7.30. The average molecular weight is 293 g/mol. The molecule has 0 amide bonds. The standard InChI is InChI=1S/C15H17ClN2O2/c1-3-4-7-11-8-5-6-10(2)14(11)20-15-12(19)9-13(16)17-18-15/h5-6,8-9H,3-4,7H2,1-2H3,(H,17,19). The van der Waals surface area contributed by atoms with Crippen molar-refractivity contribution < 1.29 is 9.84 Å². The maximum absolute atomic E-state index is 9.80. The Kier molecular flexibility index (Phi) is 4.79. The van der Waals surface area contributed by atoms with Gasteiger partial charge in [0.2, 0.25) is 0 Å². The molecule has 1 aromatic carbocycles. The number of hydrogen-bond donors (Lipinski definition) is 1. The summed E-state index contributed by atoms with van der Waals surface area (Å²) in [7, 11) is 0. The van der Waals surface area contributed by atoms with E-state index in [0.717, 1.165) is 36.1 Å². The van der Waals surface area contributed by atoms with Crippen molar-refractivity contribution in [3.63, 3.8) is 0 Å². The van der Waals surface area contributed by atoms with Crippen LogP contribution in [-0.4, -0.2) is 15.3 Å². The average Bonchev–Trinajstić information content (AvgIpc) is 2.42. The van der Waals surface area contributed by atoms with E-state index in [2.05, 4.69) is 17.1 Å². The van der Waals surface area contributed by atoms with E-state index < -0.39 is 0 Å². The summed E-state index contributed by atoms with van der Waals surface area (Å²) in [4.78, 5) is 0. The van der Waals surface area contributed by atoms with Crippen molar-refractivity contribution >= 4 is 11.6 Å². The fourth-order valence-electron chi connectivity index (χ4n) is 1.94. The molecule has 0 bridgehead atoms. The van der Waals surface area contributed by atoms with E-state index in [0.29, 0.717) is 0 Å². The lowest BCUT2D eigenvalue weighted by atomic mass is 10.0. The van der Waals surface area contributed by atoms with Crippen LogP contribution in [0.4, 0.5) is 0 Å². The van der Waals surface area contributed by atoms with Crippen molar-refractivity contribution in [2.24, 2.45) is 0 Å². The summed E-state index contributed by atoms with van der Waals surface area (Å²) in [6.45, 7) is 4.11. The molecular weight excluding hydrogens is 276 g/mol. The second-order valence-electron chi connectivity index (χ2n) is 4.63. The van der Waals surface area contributed by atoms with Crippen LogP contribution in [0.1, 0.15) is 30.9 Å². The molecule has 0 spiro atoms.